The zero-order chi connectivity index (χ0) is 20.4. The fraction of sp³-hybridized carbons (Fsp3) is 0.375. The summed E-state index contributed by atoms with van der Waals surface area (Å²) in [4.78, 5) is 35.1. The summed E-state index contributed by atoms with van der Waals surface area (Å²) in [5, 5.41) is 1.01. The Hall–Kier alpha value is -2.95. The second kappa shape index (κ2) is 8.19. The van der Waals surface area contributed by atoms with Crippen LogP contribution in [0.5, 0.6) is 0 Å². The molecular weight excluding hydrogens is 362 g/mol. The van der Waals surface area contributed by atoms with Crippen molar-refractivity contribution in [1.82, 2.24) is 14.9 Å². The summed E-state index contributed by atoms with van der Waals surface area (Å²) in [6, 6.07) is 9.75. The van der Waals surface area contributed by atoms with Crippen molar-refractivity contribution >= 4 is 16.8 Å². The number of amides is 1. The van der Waals surface area contributed by atoms with Gasteiger partial charge in [0, 0.05) is 29.6 Å². The van der Waals surface area contributed by atoms with Crippen molar-refractivity contribution < 1.29 is 4.79 Å². The van der Waals surface area contributed by atoms with Gasteiger partial charge in [-0.1, -0.05) is 30.9 Å². The average Bonchev–Trinajstić information content (AvgIpc) is 2.73. The van der Waals surface area contributed by atoms with Crippen LogP contribution in [0.15, 0.2) is 47.5 Å². The number of hydrogen-bond donors (Lipinski definition) is 1. The minimum atomic E-state index is -0.118. The molecule has 4 rings (SSSR count). The molecule has 5 heteroatoms. The lowest BCUT2D eigenvalue weighted by Crippen LogP contribution is -2.42. The van der Waals surface area contributed by atoms with E-state index in [4.69, 9.17) is 0 Å². The quantitative estimate of drug-likeness (QED) is 0.714. The Morgan fingerprint density at radius 1 is 1.10 bits per heavy atom. The lowest BCUT2D eigenvalue weighted by atomic mass is 9.93. The predicted octanol–water partition coefficient (Wildman–Crippen LogP) is 4.52. The van der Waals surface area contributed by atoms with Crippen LogP contribution in [0.2, 0.25) is 0 Å². The molecule has 29 heavy (non-hydrogen) atoms. The smallest absolute Gasteiger partial charge is 0.254 e. The number of nitrogens with zero attached hydrogens (tertiary/aromatic N) is 2. The van der Waals surface area contributed by atoms with E-state index in [0.29, 0.717) is 17.7 Å². The van der Waals surface area contributed by atoms with Crippen LogP contribution in [0.3, 0.4) is 0 Å². The fourth-order valence-electron chi connectivity index (χ4n) is 4.45. The molecule has 5 nitrogen and oxygen atoms in total. The molecule has 0 atom stereocenters. The highest BCUT2D eigenvalue weighted by atomic mass is 16.2. The van der Waals surface area contributed by atoms with E-state index in [1.54, 1.807) is 24.5 Å². The van der Waals surface area contributed by atoms with Crippen molar-refractivity contribution in [2.24, 2.45) is 0 Å². The normalized spacial score (nSPS) is 14.8. The van der Waals surface area contributed by atoms with Crippen molar-refractivity contribution in [3.05, 3.63) is 75.3 Å². The van der Waals surface area contributed by atoms with Gasteiger partial charge in [-0.25, -0.2) is 0 Å². The Kier molecular flexibility index (Phi) is 5.47. The van der Waals surface area contributed by atoms with Crippen LogP contribution in [0.1, 0.15) is 59.2 Å². The summed E-state index contributed by atoms with van der Waals surface area (Å²) in [6.45, 7) is 4.38. The molecule has 2 heterocycles. The minimum Gasteiger partial charge on any atom is -0.331 e. The Morgan fingerprint density at radius 3 is 2.55 bits per heavy atom. The van der Waals surface area contributed by atoms with Crippen LogP contribution in [0.4, 0.5) is 0 Å². The van der Waals surface area contributed by atoms with Gasteiger partial charge in [-0.05, 0) is 61.9 Å². The van der Waals surface area contributed by atoms with Crippen molar-refractivity contribution in [1.29, 1.82) is 0 Å². The molecule has 0 spiro atoms. The van der Waals surface area contributed by atoms with Gasteiger partial charge in [0.15, 0.2) is 0 Å². The maximum atomic E-state index is 13.3. The van der Waals surface area contributed by atoms with E-state index in [1.807, 2.05) is 17.9 Å². The lowest BCUT2D eigenvalue weighted by Gasteiger charge is -2.34. The molecule has 0 radical (unpaired) electrons. The first-order valence-electron chi connectivity index (χ1n) is 10.4. The third-order valence-electron chi connectivity index (χ3n) is 5.91. The summed E-state index contributed by atoms with van der Waals surface area (Å²) in [5.74, 6) is -0.0285. The van der Waals surface area contributed by atoms with Crippen molar-refractivity contribution in [3.8, 4) is 0 Å². The number of nitrogens with one attached hydrogen (secondary N) is 1. The second-order valence-corrected chi connectivity index (χ2v) is 8.13. The number of aryl methyl sites for hydroxylation is 2. The van der Waals surface area contributed by atoms with Crippen molar-refractivity contribution in [2.75, 3.05) is 0 Å². The number of carbonyl (C=O) groups excluding carboxylic acids is 1. The van der Waals surface area contributed by atoms with Crippen LogP contribution in [-0.2, 0) is 6.54 Å². The number of H-pyrrole nitrogens is 1. The average molecular weight is 389 g/mol. The molecule has 1 aromatic carbocycles. The van der Waals surface area contributed by atoms with Crippen molar-refractivity contribution in [3.63, 3.8) is 0 Å². The first-order valence-corrected chi connectivity index (χ1v) is 10.4. The highest BCUT2D eigenvalue weighted by molar-refractivity contribution is 5.94. The highest BCUT2D eigenvalue weighted by Crippen LogP contribution is 2.26. The molecular formula is C24H27N3O2. The SMILES string of the molecule is Cc1cc(C)c2[nH]c(=O)c(CN(C(=O)c3ccncc3)C3CCCCC3)cc2c1. The minimum absolute atomic E-state index is 0.0285. The van der Waals surface area contributed by atoms with Crippen LogP contribution < -0.4 is 5.56 Å². The summed E-state index contributed by atoms with van der Waals surface area (Å²) in [5.41, 5.74) is 4.22. The standard InChI is InChI=1S/C24H27N3O2/c1-16-12-17(2)22-19(13-16)14-20(23(28)26-22)15-27(21-6-4-3-5-7-21)24(29)18-8-10-25-11-9-18/h8-14,21H,3-7,15H2,1-2H3,(H,26,28). The number of rotatable bonds is 4. The molecule has 0 aliphatic heterocycles. The monoisotopic (exact) mass is 389 g/mol. The van der Waals surface area contributed by atoms with E-state index >= 15 is 0 Å². The molecule has 150 valence electrons. The number of carbonyl (C=O) groups is 1. The largest absolute Gasteiger partial charge is 0.331 e. The summed E-state index contributed by atoms with van der Waals surface area (Å²) < 4.78 is 0. The molecule has 0 unspecified atom stereocenters. The van der Waals surface area contributed by atoms with Crippen LogP contribution >= 0.6 is 0 Å². The number of aromatic nitrogens is 2. The molecule has 2 aromatic heterocycles. The van der Waals surface area contributed by atoms with Gasteiger partial charge in [-0.15, -0.1) is 0 Å². The van der Waals surface area contributed by atoms with Gasteiger partial charge in [0.1, 0.15) is 0 Å². The van der Waals surface area contributed by atoms with Gasteiger partial charge in [-0.2, -0.15) is 0 Å². The molecule has 1 aliphatic carbocycles. The van der Waals surface area contributed by atoms with E-state index in [-0.39, 0.29) is 17.5 Å². The fourth-order valence-corrected chi connectivity index (χ4v) is 4.45. The van der Waals surface area contributed by atoms with Gasteiger partial charge in [-0.3, -0.25) is 14.6 Å². The van der Waals surface area contributed by atoms with Crippen LogP contribution in [0.25, 0.3) is 10.9 Å². The Labute approximate surface area is 170 Å². The second-order valence-electron chi connectivity index (χ2n) is 8.13. The molecule has 0 saturated heterocycles. The highest BCUT2D eigenvalue weighted by Gasteiger charge is 2.27. The van der Waals surface area contributed by atoms with Gasteiger partial charge in [0.05, 0.1) is 12.1 Å². The summed E-state index contributed by atoms with van der Waals surface area (Å²) in [6.07, 6.45) is 8.71. The van der Waals surface area contributed by atoms with Gasteiger partial charge in [0.25, 0.3) is 11.5 Å². The number of pyridine rings is 2. The number of hydrogen-bond acceptors (Lipinski definition) is 3. The Balaban J connectivity index is 1.73. The van der Waals surface area contributed by atoms with E-state index in [1.165, 1.54) is 6.42 Å². The number of benzene rings is 1. The van der Waals surface area contributed by atoms with Crippen LogP contribution in [0, 0.1) is 13.8 Å². The predicted molar refractivity (Wildman–Crippen MR) is 115 cm³/mol. The van der Waals surface area contributed by atoms with E-state index < -0.39 is 0 Å². The molecule has 0 bridgehead atoms. The zero-order valence-corrected chi connectivity index (χ0v) is 17.1. The maximum Gasteiger partial charge on any atom is 0.254 e. The molecule has 1 amide bonds. The van der Waals surface area contributed by atoms with Crippen LogP contribution in [-0.4, -0.2) is 26.8 Å². The molecule has 1 N–H and O–H groups in total. The topological polar surface area (TPSA) is 66.1 Å². The first-order chi connectivity index (χ1) is 14.0. The maximum absolute atomic E-state index is 13.3. The summed E-state index contributed by atoms with van der Waals surface area (Å²) in [7, 11) is 0. The van der Waals surface area contributed by atoms with Crippen molar-refractivity contribution in [2.45, 2.75) is 58.5 Å². The lowest BCUT2D eigenvalue weighted by molar-refractivity contribution is 0.0613. The van der Waals surface area contributed by atoms with Gasteiger partial charge < -0.3 is 9.88 Å². The number of fused-ring (bicyclic) bond motifs is 1. The van der Waals surface area contributed by atoms with E-state index in [2.05, 4.69) is 29.0 Å². The summed E-state index contributed by atoms with van der Waals surface area (Å²) >= 11 is 0. The van der Waals surface area contributed by atoms with E-state index in [9.17, 15) is 9.59 Å². The van der Waals surface area contributed by atoms with Gasteiger partial charge >= 0.3 is 0 Å². The molecule has 1 fully saturated rings. The van der Waals surface area contributed by atoms with Gasteiger partial charge in [0.2, 0.25) is 0 Å². The van der Waals surface area contributed by atoms with E-state index in [0.717, 1.165) is 47.7 Å². The zero-order valence-electron chi connectivity index (χ0n) is 17.1. The number of aromatic amines is 1. The third-order valence-corrected chi connectivity index (χ3v) is 5.91. The molecule has 3 aromatic rings. The molecule has 1 aliphatic rings. The third kappa shape index (κ3) is 4.09. The Morgan fingerprint density at radius 2 is 1.83 bits per heavy atom. The Bertz CT molecular complexity index is 1080. The first kappa shape index (κ1) is 19.4. The molecule has 1 saturated carbocycles.